The summed E-state index contributed by atoms with van der Waals surface area (Å²) < 4.78 is 26.9. The number of nitrogens with one attached hydrogen (secondary N) is 1. The van der Waals surface area contributed by atoms with Crippen molar-refractivity contribution in [1.29, 1.82) is 0 Å². The molecule has 0 spiro atoms. The Bertz CT molecular complexity index is 532. The molecule has 0 fully saturated rings. The molecule has 0 atom stereocenters. The maximum atomic E-state index is 13.5. The van der Waals surface area contributed by atoms with Crippen LogP contribution in [-0.4, -0.2) is 10.9 Å². The number of aryl methyl sites for hydroxylation is 1. The van der Waals surface area contributed by atoms with Gasteiger partial charge in [-0.15, -0.1) is 11.3 Å². The molecule has 88 valence electrons. The quantitative estimate of drug-likeness (QED) is 0.895. The summed E-state index contributed by atoms with van der Waals surface area (Å²) in [6.45, 7) is 1.55. The molecule has 0 aliphatic rings. The number of anilines is 1. The summed E-state index contributed by atoms with van der Waals surface area (Å²) in [7, 11) is 0. The Labute approximate surface area is 100 Å². The van der Waals surface area contributed by atoms with Crippen molar-refractivity contribution in [3.63, 3.8) is 0 Å². The molecule has 1 N–H and O–H groups in total. The van der Waals surface area contributed by atoms with Crippen molar-refractivity contribution >= 4 is 22.4 Å². The van der Waals surface area contributed by atoms with E-state index in [9.17, 15) is 13.6 Å². The third-order valence-electron chi connectivity index (χ3n) is 2.07. The summed E-state index contributed by atoms with van der Waals surface area (Å²) in [5.41, 5.74) is -0.170. The zero-order chi connectivity index (χ0) is 12.4. The molecule has 0 unspecified atom stereocenters. The molecule has 0 saturated carbocycles. The Hall–Kier alpha value is -1.82. The van der Waals surface area contributed by atoms with Crippen LogP contribution in [0.5, 0.6) is 0 Å². The molecule has 1 aromatic heterocycles. The van der Waals surface area contributed by atoms with Crippen molar-refractivity contribution in [2.45, 2.75) is 6.92 Å². The third-order valence-corrected chi connectivity index (χ3v) is 2.75. The first-order chi connectivity index (χ1) is 8.08. The summed E-state index contributed by atoms with van der Waals surface area (Å²) in [6.07, 6.45) is 1.49. The van der Waals surface area contributed by atoms with Gasteiger partial charge in [-0.05, 0) is 24.6 Å². The van der Waals surface area contributed by atoms with Crippen LogP contribution in [0.4, 0.5) is 13.9 Å². The van der Waals surface area contributed by atoms with E-state index in [1.807, 2.05) is 0 Å². The van der Waals surface area contributed by atoms with Crippen molar-refractivity contribution in [3.8, 4) is 0 Å². The van der Waals surface area contributed by atoms with Crippen LogP contribution in [0.15, 0.2) is 23.7 Å². The van der Waals surface area contributed by atoms with E-state index < -0.39 is 23.1 Å². The lowest BCUT2D eigenvalue weighted by atomic mass is 10.1. The van der Waals surface area contributed by atoms with Gasteiger partial charge in [0.2, 0.25) is 0 Å². The first-order valence-corrected chi connectivity index (χ1v) is 5.62. The molecule has 2 aromatic rings. The summed E-state index contributed by atoms with van der Waals surface area (Å²) in [6, 6.07) is 2.22. The highest BCUT2D eigenvalue weighted by Crippen LogP contribution is 2.18. The normalized spacial score (nSPS) is 10.3. The van der Waals surface area contributed by atoms with E-state index in [4.69, 9.17) is 0 Å². The molecule has 17 heavy (non-hydrogen) atoms. The largest absolute Gasteiger partial charge is 0.298 e. The number of amides is 1. The Balaban J connectivity index is 2.31. The molecule has 3 nitrogen and oxygen atoms in total. The van der Waals surface area contributed by atoms with Crippen molar-refractivity contribution < 1.29 is 13.6 Å². The number of hydrogen-bond acceptors (Lipinski definition) is 3. The average molecular weight is 254 g/mol. The molecular weight excluding hydrogens is 246 g/mol. The summed E-state index contributed by atoms with van der Waals surface area (Å²) in [4.78, 5) is 15.4. The summed E-state index contributed by atoms with van der Waals surface area (Å²) >= 11 is 1.17. The number of hydrogen-bond donors (Lipinski definition) is 1. The van der Waals surface area contributed by atoms with Crippen LogP contribution in [0.3, 0.4) is 0 Å². The maximum absolute atomic E-state index is 13.5. The second-order valence-electron chi connectivity index (χ2n) is 3.39. The number of halogens is 2. The molecule has 0 bridgehead atoms. The molecule has 1 heterocycles. The first-order valence-electron chi connectivity index (χ1n) is 4.74. The van der Waals surface area contributed by atoms with Gasteiger partial charge < -0.3 is 0 Å². The van der Waals surface area contributed by atoms with Crippen molar-refractivity contribution in [2.24, 2.45) is 0 Å². The predicted octanol–water partition coefficient (Wildman–Crippen LogP) is 2.98. The van der Waals surface area contributed by atoms with Gasteiger partial charge >= 0.3 is 0 Å². The van der Waals surface area contributed by atoms with Crippen molar-refractivity contribution in [3.05, 3.63) is 46.5 Å². The second-order valence-corrected chi connectivity index (χ2v) is 4.29. The van der Waals surface area contributed by atoms with Gasteiger partial charge in [0.15, 0.2) is 5.13 Å². The SMILES string of the molecule is Cc1cc(F)c(C(=O)Nc2nccs2)c(F)c1. The van der Waals surface area contributed by atoms with E-state index in [0.717, 1.165) is 12.1 Å². The maximum Gasteiger partial charge on any atom is 0.263 e. The van der Waals surface area contributed by atoms with Gasteiger partial charge in [0, 0.05) is 11.6 Å². The molecule has 6 heteroatoms. The molecule has 0 saturated heterocycles. The van der Waals surface area contributed by atoms with E-state index in [1.54, 1.807) is 12.3 Å². The van der Waals surface area contributed by atoms with Crippen LogP contribution in [0, 0.1) is 18.6 Å². The van der Waals surface area contributed by atoms with E-state index >= 15 is 0 Å². The number of nitrogens with zero attached hydrogens (tertiary/aromatic N) is 1. The van der Waals surface area contributed by atoms with Crippen LogP contribution in [0.25, 0.3) is 0 Å². The lowest BCUT2D eigenvalue weighted by Gasteiger charge is -2.05. The first kappa shape index (κ1) is 11.7. The standard InChI is InChI=1S/C11H8F2N2OS/c1-6-4-7(12)9(8(13)5-6)10(16)15-11-14-2-3-17-11/h2-5H,1H3,(H,14,15,16). The number of carbonyl (C=O) groups is 1. The highest BCUT2D eigenvalue weighted by molar-refractivity contribution is 7.13. The van der Waals surface area contributed by atoms with Gasteiger partial charge in [-0.25, -0.2) is 13.8 Å². The number of rotatable bonds is 2. The topological polar surface area (TPSA) is 42.0 Å². The Kier molecular flexibility index (Phi) is 3.14. The van der Waals surface area contributed by atoms with Crippen LogP contribution in [0.1, 0.15) is 15.9 Å². The third kappa shape index (κ3) is 2.47. The van der Waals surface area contributed by atoms with Crippen LogP contribution < -0.4 is 5.32 Å². The van der Waals surface area contributed by atoms with Gasteiger partial charge in [0.05, 0.1) is 0 Å². The predicted molar refractivity (Wildman–Crippen MR) is 61.2 cm³/mol. The van der Waals surface area contributed by atoms with Gasteiger partial charge in [0.25, 0.3) is 5.91 Å². The van der Waals surface area contributed by atoms with Crippen LogP contribution in [-0.2, 0) is 0 Å². The minimum Gasteiger partial charge on any atom is -0.298 e. The Morgan fingerprint density at radius 3 is 2.53 bits per heavy atom. The zero-order valence-corrected chi connectivity index (χ0v) is 9.65. The number of thiazole rings is 1. The van der Waals surface area contributed by atoms with Gasteiger partial charge in [-0.2, -0.15) is 0 Å². The van der Waals surface area contributed by atoms with Crippen molar-refractivity contribution in [1.82, 2.24) is 4.98 Å². The van der Waals surface area contributed by atoms with Gasteiger partial charge in [-0.1, -0.05) is 0 Å². The monoisotopic (exact) mass is 254 g/mol. The number of aromatic nitrogens is 1. The second kappa shape index (κ2) is 4.58. The Morgan fingerprint density at radius 2 is 2.00 bits per heavy atom. The zero-order valence-electron chi connectivity index (χ0n) is 8.83. The fraction of sp³-hybridized carbons (Fsp3) is 0.0909. The summed E-state index contributed by atoms with van der Waals surface area (Å²) in [5.74, 6) is -2.59. The highest BCUT2D eigenvalue weighted by Gasteiger charge is 2.18. The van der Waals surface area contributed by atoms with Gasteiger partial charge in [0.1, 0.15) is 17.2 Å². The lowest BCUT2D eigenvalue weighted by molar-refractivity contribution is 0.101. The highest BCUT2D eigenvalue weighted by atomic mass is 32.1. The van der Waals surface area contributed by atoms with Crippen LogP contribution >= 0.6 is 11.3 Å². The molecule has 1 aromatic carbocycles. The van der Waals surface area contributed by atoms with Crippen molar-refractivity contribution in [2.75, 3.05) is 5.32 Å². The minimum atomic E-state index is -0.878. The lowest BCUT2D eigenvalue weighted by Crippen LogP contribution is -2.15. The summed E-state index contributed by atoms with van der Waals surface area (Å²) in [5, 5.41) is 4.28. The molecule has 0 aliphatic carbocycles. The number of carbonyl (C=O) groups excluding carboxylic acids is 1. The fourth-order valence-corrected chi connectivity index (χ4v) is 1.89. The molecule has 1 amide bonds. The number of benzene rings is 1. The average Bonchev–Trinajstić information content (AvgIpc) is 2.68. The fourth-order valence-electron chi connectivity index (χ4n) is 1.36. The van der Waals surface area contributed by atoms with E-state index in [2.05, 4.69) is 10.3 Å². The van der Waals surface area contributed by atoms with Gasteiger partial charge in [-0.3, -0.25) is 10.1 Å². The van der Waals surface area contributed by atoms with E-state index in [0.29, 0.717) is 10.7 Å². The minimum absolute atomic E-state index is 0.300. The molecule has 0 radical (unpaired) electrons. The van der Waals surface area contributed by atoms with E-state index in [-0.39, 0.29) is 0 Å². The molecular formula is C11H8F2N2OS. The van der Waals surface area contributed by atoms with E-state index in [1.165, 1.54) is 17.5 Å². The Morgan fingerprint density at radius 1 is 1.35 bits per heavy atom. The smallest absolute Gasteiger partial charge is 0.263 e. The molecule has 2 rings (SSSR count). The molecule has 0 aliphatic heterocycles. The van der Waals surface area contributed by atoms with Crippen LogP contribution in [0.2, 0.25) is 0 Å².